The predicted octanol–water partition coefficient (Wildman–Crippen LogP) is 3.13. The SMILES string of the molecule is CC1NC(C(Cl)(Cl)Cl)=CC=C1C(C)S(C)(=O)=NC#N. The second-order valence-electron chi connectivity index (χ2n) is 4.31. The maximum atomic E-state index is 12.3. The molecule has 1 aliphatic heterocycles. The van der Waals surface area contributed by atoms with Gasteiger partial charge in [0.25, 0.3) is 0 Å². The summed E-state index contributed by atoms with van der Waals surface area (Å²) in [5.74, 6) is 0. The lowest BCUT2D eigenvalue weighted by Gasteiger charge is -2.30. The summed E-state index contributed by atoms with van der Waals surface area (Å²) in [5.41, 5.74) is 1.31. The molecule has 3 atom stereocenters. The van der Waals surface area contributed by atoms with E-state index in [0.717, 1.165) is 5.57 Å². The highest BCUT2D eigenvalue weighted by Gasteiger charge is 2.32. The van der Waals surface area contributed by atoms with E-state index in [1.54, 1.807) is 25.3 Å². The van der Waals surface area contributed by atoms with Gasteiger partial charge < -0.3 is 5.32 Å². The fourth-order valence-electron chi connectivity index (χ4n) is 1.77. The normalized spacial score (nSPS) is 24.2. The van der Waals surface area contributed by atoms with E-state index in [4.69, 9.17) is 40.1 Å². The van der Waals surface area contributed by atoms with Crippen LogP contribution in [0.2, 0.25) is 0 Å². The molecule has 0 radical (unpaired) electrons. The highest BCUT2D eigenvalue weighted by molar-refractivity contribution is 7.93. The van der Waals surface area contributed by atoms with Crippen molar-refractivity contribution in [3.8, 4) is 6.19 Å². The second kappa shape index (κ2) is 5.92. The first-order valence-electron chi connectivity index (χ1n) is 5.44. The van der Waals surface area contributed by atoms with Crippen LogP contribution in [0.5, 0.6) is 0 Å². The smallest absolute Gasteiger partial charge is 0.230 e. The van der Waals surface area contributed by atoms with Gasteiger partial charge >= 0.3 is 0 Å². The summed E-state index contributed by atoms with van der Waals surface area (Å²) in [7, 11) is -2.62. The monoisotopic (exact) mass is 341 g/mol. The molecule has 0 aliphatic carbocycles. The average Bonchev–Trinajstić information content (AvgIpc) is 2.26. The van der Waals surface area contributed by atoms with Crippen LogP contribution in [0.15, 0.2) is 27.8 Å². The fourth-order valence-corrected chi connectivity index (χ4v) is 3.23. The number of allylic oxidation sites excluding steroid dienone is 3. The Hall–Kier alpha value is -0.410. The van der Waals surface area contributed by atoms with E-state index in [0.29, 0.717) is 5.70 Å². The third-order valence-corrected chi connectivity index (χ3v) is 5.61. The molecule has 0 saturated heterocycles. The van der Waals surface area contributed by atoms with E-state index >= 15 is 0 Å². The molecule has 1 rings (SSSR count). The zero-order valence-electron chi connectivity index (χ0n) is 10.7. The number of nitrogens with one attached hydrogen (secondary N) is 1. The molecule has 19 heavy (non-hydrogen) atoms. The molecular formula is C11H14Cl3N3OS. The summed E-state index contributed by atoms with van der Waals surface area (Å²) in [4.78, 5) is 0. The van der Waals surface area contributed by atoms with E-state index in [9.17, 15) is 4.21 Å². The van der Waals surface area contributed by atoms with E-state index in [1.807, 2.05) is 6.92 Å². The molecule has 1 aliphatic rings. The quantitative estimate of drug-likeness (QED) is 0.619. The molecule has 0 saturated carbocycles. The third kappa shape index (κ3) is 4.03. The molecule has 106 valence electrons. The van der Waals surface area contributed by atoms with Gasteiger partial charge in [-0.15, -0.1) is 4.36 Å². The van der Waals surface area contributed by atoms with Gasteiger partial charge in [-0.3, -0.25) is 0 Å². The van der Waals surface area contributed by atoms with Gasteiger partial charge in [-0.2, -0.15) is 5.26 Å². The van der Waals surface area contributed by atoms with Crippen LogP contribution in [0, 0.1) is 11.5 Å². The third-order valence-electron chi connectivity index (χ3n) is 2.97. The van der Waals surface area contributed by atoms with Crippen molar-refractivity contribution in [2.75, 3.05) is 6.26 Å². The standard InChI is InChI=1S/C11H14Cl3N3OS/c1-7-9(8(2)19(3,18)16-6-15)4-5-10(17-7)11(12,13)14/h4-5,7-8,17H,1-3H3. The second-order valence-corrected chi connectivity index (χ2v) is 9.20. The molecule has 0 aromatic carbocycles. The fraction of sp³-hybridized carbons (Fsp3) is 0.545. The topological polar surface area (TPSA) is 65.2 Å². The predicted molar refractivity (Wildman–Crippen MR) is 80.6 cm³/mol. The van der Waals surface area contributed by atoms with Crippen LogP contribution in [0.3, 0.4) is 0 Å². The average molecular weight is 343 g/mol. The van der Waals surface area contributed by atoms with Crippen LogP contribution in [-0.4, -0.2) is 25.5 Å². The molecule has 0 aromatic heterocycles. The number of hydrogen-bond donors (Lipinski definition) is 1. The number of rotatable bonds is 2. The van der Waals surface area contributed by atoms with Crippen molar-refractivity contribution in [2.24, 2.45) is 4.36 Å². The summed E-state index contributed by atoms with van der Waals surface area (Å²) in [5, 5.41) is 11.2. The van der Waals surface area contributed by atoms with Crippen LogP contribution < -0.4 is 5.32 Å². The van der Waals surface area contributed by atoms with Gasteiger partial charge in [-0.25, -0.2) is 4.21 Å². The van der Waals surface area contributed by atoms with Crippen LogP contribution >= 0.6 is 34.8 Å². The van der Waals surface area contributed by atoms with Crippen molar-refractivity contribution in [3.63, 3.8) is 0 Å². The summed E-state index contributed by atoms with van der Waals surface area (Å²) in [6, 6.07) is -0.153. The first kappa shape index (κ1) is 16.6. The number of nitrogens with zero attached hydrogens (tertiary/aromatic N) is 2. The Balaban J connectivity index is 3.15. The highest BCUT2D eigenvalue weighted by atomic mass is 35.6. The molecule has 0 fully saturated rings. The number of dihydropyridines is 1. The minimum atomic E-state index is -2.62. The van der Waals surface area contributed by atoms with Gasteiger partial charge in [0, 0.05) is 12.3 Å². The molecule has 8 heteroatoms. The molecule has 3 unspecified atom stereocenters. The lowest BCUT2D eigenvalue weighted by atomic mass is 10.0. The zero-order chi connectivity index (χ0) is 14.8. The van der Waals surface area contributed by atoms with Crippen molar-refractivity contribution < 1.29 is 4.21 Å². The van der Waals surface area contributed by atoms with Crippen LogP contribution in [0.4, 0.5) is 0 Å². The van der Waals surface area contributed by atoms with Gasteiger partial charge in [-0.1, -0.05) is 40.9 Å². The van der Waals surface area contributed by atoms with Gasteiger partial charge in [0.15, 0.2) is 0 Å². The molecule has 0 bridgehead atoms. The maximum absolute atomic E-state index is 12.3. The zero-order valence-corrected chi connectivity index (χ0v) is 13.7. The molecule has 0 aromatic rings. The largest absolute Gasteiger partial charge is 0.379 e. The van der Waals surface area contributed by atoms with Gasteiger partial charge in [0.2, 0.25) is 9.99 Å². The summed E-state index contributed by atoms with van der Waals surface area (Å²) in [6.07, 6.45) is 6.46. The Morgan fingerprint density at radius 2 is 2.11 bits per heavy atom. The summed E-state index contributed by atoms with van der Waals surface area (Å²) >= 11 is 17.4. The number of halogens is 3. The molecule has 1 N–H and O–H groups in total. The Labute approximate surface area is 128 Å². The minimum absolute atomic E-state index is 0.153. The van der Waals surface area contributed by atoms with Crippen molar-refractivity contribution >= 4 is 44.5 Å². The molecule has 4 nitrogen and oxygen atoms in total. The lowest BCUT2D eigenvalue weighted by Crippen LogP contribution is -2.39. The first-order chi connectivity index (χ1) is 8.59. The van der Waals surface area contributed by atoms with Gasteiger partial charge in [0.05, 0.1) is 20.7 Å². The molecular weight excluding hydrogens is 329 g/mol. The Morgan fingerprint density at radius 3 is 2.53 bits per heavy atom. The maximum Gasteiger partial charge on any atom is 0.230 e. The number of nitriles is 1. The molecule has 0 amide bonds. The van der Waals surface area contributed by atoms with Gasteiger partial charge in [0.1, 0.15) is 0 Å². The Bertz CT molecular complexity index is 577. The minimum Gasteiger partial charge on any atom is -0.379 e. The lowest BCUT2D eigenvalue weighted by molar-refractivity contribution is 0.638. The highest BCUT2D eigenvalue weighted by Crippen LogP contribution is 2.35. The van der Waals surface area contributed by atoms with Crippen molar-refractivity contribution in [2.45, 2.75) is 28.9 Å². The number of hydrogen-bond acceptors (Lipinski definition) is 4. The Kier molecular flexibility index (Phi) is 5.19. The van der Waals surface area contributed by atoms with Crippen LogP contribution in [-0.2, 0) is 9.73 Å². The summed E-state index contributed by atoms with van der Waals surface area (Å²) < 4.78 is 14.2. The van der Waals surface area contributed by atoms with E-state index < -0.39 is 13.5 Å². The molecule has 1 heterocycles. The van der Waals surface area contributed by atoms with Crippen LogP contribution in [0.1, 0.15) is 13.8 Å². The summed E-state index contributed by atoms with van der Waals surface area (Å²) in [6.45, 7) is 3.63. The van der Waals surface area contributed by atoms with Crippen LogP contribution in [0.25, 0.3) is 0 Å². The van der Waals surface area contributed by atoms with E-state index in [2.05, 4.69) is 9.68 Å². The van der Waals surface area contributed by atoms with Crippen molar-refractivity contribution in [1.82, 2.24) is 5.32 Å². The van der Waals surface area contributed by atoms with Crippen molar-refractivity contribution in [1.29, 1.82) is 5.26 Å². The van der Waals surface area contributed by atoms with Gasteiger partial charge in [-0.05, 0) is 25.5 Å². The first-order valence-corrected chi connectivity index (χ1v) is 8.56. The van der Waals surface area contributed by atoms with E-state index in [-0.39, 0.29) is 11.3 Å². The van der Waals surface area contributed by atoms with E-state index in [1.165, 1.54) is 6.26 Å². The van der Waals surface area contributed by atoms with Crippen molar-refractivity contribution in [3.05, 3.63) is 23.4 Å². The Morgan fingerprint density at radius 1 is 1.53 bits per heavy atom. The number of alkyl halides is 3. The molecule has 0 spiro atoms.